The zero-order valence-corrected chi connectivity index (χ0v) is 14.0. The molecule has 3 aromatic rings. The molecular formula is C18H20N4O2. The van der Waals surface area contributed by atoms with Crippen LogP contribution in [0.3, 0.4) is 0 Å². The number of ether oxygens (including phenoxy) is 1. The Balaban J connectivity index is 1.66. The van der Waals surface area contributed by atoms with E-state index in [9.17, 15) is 4.79 Å². The second-order valence-electron chi connectivity index (χ2n) is 6.49. The van der Waals surface area contributed by atoms with Crippen LogP contribution in [0.1, 0.15) is 26.3 Å². The van der Waals surface area contributed by atoms with Crippen molar-refractivity contribution in [3.63, 3.8) is 0 Å². The normalized spacial score (nSPS) is 11.5. The average molecular weight is 324 g/mol. The first kappa shape index (κ1) is 16.0. The van der Waals surface area contributed by atoms with Gasteiger partial charge in [0.2, 0.25) is 0 Å². The molecule has 6 nitrogen and oxygen atoms in total. The lowest BCUT2D eigenvalue weighted by Crippen LogP contribution is -2.32. The van der Waals surface area contributed by atoms with Crippen molar-refractivity contribution < 1.29 is 9.53 Å². The number of benzene rings is 1. The van der Waals surface area contributed by atoms with E-state index < -0.39 is 11.7 Å². The molecule has 0 spiro atoms. The van der Waals surface area contributed by atoms with Crippen molar-refractivity contribution in [2.24, 2.45) is 0 Å². The molecular weight excluding hydrogens is 304 g/mol. The summed E-state index contributed by atoms with van der Waals surface area (Å²) in [6.45, 7) is 5.92. The quantitative estimate of drug-likeness (QED) is 0.801. The highest BCUT2D eigenvalue weighted by Crippen LogP contribution is 2.17. The molecule has 0 unspecified atom stereocenters. The van der Waals surface area contributed by atoms with Crippen LogP contribution < -0.4 is 5.32 Å². The first-order valence-corrected chi connectivity index (χ1v) is 7.78. The SMILES string of the molecule is CC(C)(C)OC(=O)NCc1ccc(-c2nc3ccccn3n2)cc1. The largest absolute Gasteiger partial charge is 0.444 e. The van der Waals surface area contributed by atoms with Gasteiger partial charge in [0.25, 0.3) is 0 Å². The lowest BCUT2D eigenvalue weighted by molar-refractivity contribution is 0.0523. The van der Waals surface area contributed by atoms with Crippen LogP contribution in [0, 0.1) is 0 Å². The van der Waals surface area contributed by atoms with Crippen LogP contribution in [0.15, 0.2) is 48.7 Å². The Hall–Kier alpha value is -2.89. The van der Waals surface area contributed by atoms with Crippen molar-refractivity contribution in [3.05, 3.63) is 54.2 Å². The van der Waals surface area contributed by atoms with Gasteiger partial charge in [0.05, 0.1) is 0 Å². The summed E-state index contributed by atoms with van der Waals surface area (Å²) >= 11 is 0. The summed E-state index contributed by atoms with van der Waals surface area (Å²) in [4.78, 5) is 16.2. The Labute approximate surface area is 140 Å². The van der Waals surface area contributed by atoms with Gasteiger partial charge >= 0.3 is 6.09 Å². The molecule has 0 aliphatic rings. The number of nitrogens with zero attached hydrogens (tertiary/aromatic N) is 3. The summed E-state index contributed by atoms with van der Waals surface area (Å²) in [7, 11) is 0. The number of hydrogen-bond donors (Lipinski definition) is 1. The standard InChI is InChI=1S/C18H20N4O2/c1-18(2,3)24-17(23)19-12-13-7-9-14(10-8-13)16-20-15-6-4-5-11-22(15)21-16/h4-11H,12H2,1-3H3,(H,19,23). The smallest absolute Gasteiger partial charge is 0.407 e. The topological polar surface area (TPSA) is 68.5 Å². The van der Waals surface area contributed by atoms with Crippen LogP contribution in [-0.4, -0.2) is 26.3 Å². The second kappa shape index (κ2) is 6.31. The van der Waals surface area contributed by atoms with Gasteiger partial charge in [-0.2, -0.15) is 0 Å². The third kappa shape index (κ3) is 3.90. The number of amides is 1. The highest BCUT2D eigenvalue weighted by atomic mass is 16.6. The Morgan fingerprint density at radius 1 is 1.17 bits per heavy atom. The van der Waals surface area contributed by atoms with Crippen LogP contribution in [0.5, 0.6) is 0 Å². The zero-order chi connectivity index (χ0) is 17.2. The third-order valence-corrected chi connectivity index (χ3v) is 3.29. The summed E-state index contributed by atoms with van der Waals surface area (Å²) in [5, 5.41) is 7.18. The van der Waals surface area contributed by atoms with E-state index in [2.05, 4.69) is 15.4 Å². The average Bonchev–Trinajstić information content (AvgIpc) is 2.96. The minimum Gasteiger partial charge on any atom is -0.444 e. The number of nitrogens with one attached hydrogen (secondary N) is 1. The van der Waals surface area contributed by atoms with Crippen LogP contribution in [0.25, 0.3) is 17.0 Å². The number of aromatic nitrogens is 3. The van der Waals surface area contributed by atoms with Crippen molar-refractivity contribution in [2.45, 2.75) is 32.9 Å². The maximum absolute atomic E-state index is 11.7. The highest BCUT2D eigenvalue weighted by Gasteiger charge is 2.15. The minimum absolute atomic E-state index is 0.411. The van der Waals surface area contributed by atoms with Crippen molar-refractivity contribution in [2.75, 3.05) is 0 Å². The van der Waals surface area contributed by atoms with Gasteiger partial charge < -0.3 is 10.1 Å². The third-order valence-electron chi connectivity index (χ3n) is 3.29. The number of fused-ring (bicyclic) bond motifs is 1. The first-order chi connectivity index (χ1) is 11.4. The number of pyridine rings is 1. The Bertz CT molecular complexity index is 814. The van der Waals surface area contributed by atoms with E-state index in [1.54, 1.807) is 4.52 Å². The zero-order valence-electron chi connectivity index (χ0n) is 14.0. The molecule has 24 heavy (non-hydrogen) atoms. The number of carbonyl (C=O) groups is 1. The summed E-state index contributed by atoms with van der Waals surface area (Å²) in [5.41, 5.74) is 2.22. The maximum Gasteiger partial charge on any atom is 0.407 e. The first-order valence-electron chi connectivity index (χ1n) is 7.78. The molecule has 0 saturated carbocycles. The van der Waals surface area contributed by atoms with E-state index in [1.807, 2.05) is 69.4 Å². The van der Waals surface area contributed by atoms with Gasteiger partial charge in [-0.3, -0.25) is 0 Å². The Morgan fingerprint density at radius 2 is 1.92 bits per heavy atom. The molecule has 124 valence electrons. The van der Waals surface area contributed by atoms with E-state index in [0.717, 1.165) is 16.8 Å². The lowest BCUT2D eigenvalue weighted by atomic mass is 10.1. The summed E-state index contributed by atoms with van der Waals surface area (Å²) < 4.78 is 6.96. The molecule has 2 aromatic heterocycles. The number of alkyl carbamates (subject to hydrolysis) is 1. The molecule has 0 aliphatic carbocycles. The molecule has 1 amide bonds. The van der Waals surface area contributed by atoms with E-state index >= 15 is 0 Å². The van der Waals surface area contributed by atoms with Crippen molar-refractivity contribution in [1.29, 1.82) is 0 Å². The molecule has 1 aromatic carbocycles. The van der Waals surface area contributed by atoms with Gasteiger partial charge in [-0.15, -0.1) is 5.10 Å². The predicted molar refractivity (Wildman–Crippen MR) is 91.5 cm³/mol. The lowest BCUT2D eigenvalue weighted by Gasteiger charge is -2.19. The molecule has 3 rings (SSSR count). The molecule has 0 atom stereocenters. The maximum atomic E-state index is 11.7. The monoisotopic (exact) mass is 324 g/mol. The van der Waals surface area contributed by atoms with Crippen LogP contribution >= 0.6 is 0 Å². The predicted octanol–water partition coefficient (Wildman–Crippen LogP) is 3.42. The van der Waals surface area contributed by atoms with Gasteiger partial charge in [-0.25, -0.2) is 14.3 Å². The van der Waals surface area contributed by atoms with Gasteiger partial charge in [-0.1, -0.05) is 30.3 Å². The van der Waals surface area contributed by atoms with Crippen LogP contribution in [0.4, 0.5) is 4.79 Å². The minimum atomic E-state index is -0.497. The van der Waals surface area contributed by atoms with E-state index in [1.165, 1.54) is 0 Å². The summed E-state index contributed by atoms with van der Waals surface area (Å²) in [6.07, 6.45) is 1.44. The number of rotatable bonds is 3. The van der Waals surface area contributed by atoms with Gasteiger partial charge in [0, 0.05) is 18.3 Å². The van der Waals surface area contributed by atoms with Crippen molar-refractivity contribution in [1.82, 2.24) is 19.9 Å². The Kier molecular flexibility index (Phi) is 4.20. The molecule has 0 aliphatic heterocycles. The van der Waals surface area contributed by atoms with Gasteiger partial charge in [-0.05, 0) is 38.5 Å². The molecule has 0 radical (unpaired) electrons. The second-order valence-corrected chi connectivity index (χ2v) is 6.49. The van der Waals surface area contributed by atoms with Gasteiger partial charge in [0.15, 0.2) is 11.5 Å². The highest BCUT2D eigenvalue weighted by molar-refractivity contribution is 5.67. The van der Waals surface area contributed by atoms with Crippen LogP contribution in [-0.2, 0) is 11.3 Å². The molecule has 1 N–H and O–H groups in total. The molecule has 2 heterocycles. The van der Waals surface area contributed by atoms with E-state index in [0.29, 0.717) is 12.4 Å². The van der Waals surface area contributed by atoms with Gasteiger partial charge in [0.1, 0.15) is 5.60 Å². The fourth-order valence-electron chi connectivity index (χ4n) is 2.21. The number of carbonyl (C=O) groups excluding carboxylic acids is 1. The fourth-order valence-corrected chi connectivity index (χ4v) is 2.21. The van der Waals surface area contributed by atoms with Crippen LogP contribution in [0.2, 0.25) is 0 Å². The van der Waals surface area contributed by atoms with E-state index in [4.69, 9.17) is 4.74 Å². The summed E-state index contributed by atoms with van der Waals surface area (Å²) in [6, 6.07) is 13.5. The van der Waals surface area contributed by atoms with Crippen molar-refractivity contribution in [3.8, 4) is 11.4 Å². The fraction of sp³-hybridized carbons (Fsp3) is 0.278. The Morgan fingerprint density at radius 3 is 2.58 bits per heavy atom. The molecule has 0 saturated heterocycles. The molecule has 0 fully saturated rings. The van der Waals surface area contributed by atoms with Crippen molar-refractivity contribution >= 4 is 11.7 Å². The summed E-state index contributed by atoms with van der Waals surface area (Å²) in [5.74, 6) is 0.674. The van der Waals surface area contributed by atoms with E-state index in [-0.39, 0.29) is 0 Å². The number of hydrogen-bond acceptors (Lipinski definition) is 4. The molecule has 0 bridgehead atoms. The molecule has 6 heteroatoms.